The summed E-state index contributed by atoms with van der Waals surface area (Å²) < 4.78 is 6.46. The van der Waals surface area contributed by atoms with Crippen LogP contribution in [0.1, 0.15) is 39.2 Å². The van der Waals surface area contributed by atoms with Crippen LogP contribution in [0.25, 0.3) is 0 Å². The summed E-state index contributed by atoms with van der Waals surface area (Å²) in [5.74, 6) is -0.0318. The highest BCUT2D eigenvalue weighted by Gasteiger charge is 2.37. The molecule has 1 aromatic heterocycles. The molecular weight excluding hydrogens is 380 g/mol. The lowest BCUT2D eigenvalue weighted by atomic mass is 10.2. The highest BCUT2D eigenvalue weighted by atomic mass is 79.9. The molecule has 1 atom stereocenters. The fourth-order valence-corrected chi connectivity index (χ4v) is 3.80. The number of rotatable bonds is 3. The van der Waals surface area contributed by atoms with Crippen LogP contribution in [0, 0.1) is 0 Å². The normalized spacial score (nSPS) is 18.1. The van der Waals surface area contributed by atoms with Crippen molar-refractivity contribution in [3.63, 3.8) is 0 Å². The smallest absolute Gasteiger partial charge is 0.410 e. The molecule has 0 aliphatic carbocycles. The first-order chi connectivity index (χ1) is 10.7. The van der Waals surface area contributed by atoms with Gasteiger partial charge >= 0.3 is 6.09 Å². The van der Waals surface area contributed by atoms with Gasteiger partial charge in [-0.3, -0.25) is 9.69 Å². The van der Waals surface area contributed by atoms with Gasteiger partial charge in [0, 0.05) is 20.1 Å². The number of hydrogen-bond acceptors (Lipinski definition) is 4. The summed E-state index contributed by atoms with van der Waals surface area (Å²) in [6, 6.07) is 1.59. The Balaban J connectivity index is 2.00. The topological polar surface area (TPSA) is 49.9 Å². The second kappa shape index (κ2) is 7.21. The Morgan fingerprint density at radius 3 is 2.74 bits per heavy atom. The van der Waals surface area contributed by atoms with Gasteiger partial charge in [-0.2, -0.15) is 0 Å². The van der Waals surface area contributed by atoms with E-state index in [1.54, 1.807) is 28.2 Å². The van der Waals surface area contributed by atoms with Crippen molar-refractivity contribution in [3.05, 3.63) is 20.8 Å². The largest absolute Gasteiger partial charge is 0.444 e. The van der Waals surface area contributed by atoms with Crippen molar-refractivity contribution >= 4 is 39.3 Å². The van der Waals surface area contributed by atoms with Gasteiger partial charge in [0.1, 0.15) is 11.6 Å². The standard InChI is InChI=1S/C16H23BrN2O3S/c1-16(2,3)22-15(21)19-7-5-6-12(19)14(20)18(4)9-11-8-13(17)23-10-11/h8,10,12H,5-7,9H2,1-4H3. The second-order valence-corrected chi connectivity index (χ2v) is 9.08. The second-order valence-electron chi connectivity index (χ2n) is 6.79. The van der Waals surface area contributed by atoms with E-state index >= 15 is 0 Å². The molecule has 1 aliphatic rings. The van der Waals surface area contributed by atoms with Gasteiger partial charge in [-0.15, -0.1) is 11.3 Å². The molecule has 5 nitrogen and oxygen atoms in total. The molecule has 0 bridgehead atoms. The van der Waals surface area contributed by atoms with Crippen molar-refractivity contribution in [2.45, 2.75) is 51.8 Å². The fourth-order valence-electron chi connectivity index (χ4n) is 2.60. The monoisotopic (exact) mass is 402 g/mol. The van der Waals surface area contributed by atoms with E-state index in [4.69, 9.17) is 4.74 Å². The molecule has 1 aromatic rings. The molecule has 0 aromatic carbocycles. The maximum absolute atomic E-state index is 12.7. The third kappa shape index (κ3) is 4.94. The predicted molar refractivity (Wildman–Crippen MR) is 94.5 cm³/mol. The fraction of sp³-hybridized carbons (Fsp3) is 0.625. The first kappa shape index (κ1) is 18.3. The Hall–Kier alpha value is -1.08. The number of likely N-dealkylation sites (tertiary alicyclic amines) is 1. The zero-order chi connectivity index (χ0) is 17.2. The van der Waals surface area contributed by atoms with E-state index in [2.05, 4.69) is 15.9 Å². The number of halogens is 1. The summed E-state index contributed by atoms with van der Waals surface area (Å²) in [6.07, 6.45) is 1.11. The Kier molecular flexibility index (Phi) is 5.73. The molecule has 0 spiro atoms. The number of likely N-dealkylation sites (N-methyl/N-ethyl adjacent to an activating group) is 1. The van der Waals surface area contributed by atoms with Crippen LogP contribution in [-0.4, -0.2) is 47.0 Å². The first-order valence-electron chi connectivity index (χ1n) is 7.65. The van der Waals surface area contributed by atoms with Crippen LogP contribution >= 0.6 is 27.3 Å². The molecule has 1 aliphatic heterocycles. The molecule has 2 heterocycles. The lowest BCUT2D eigenvalue weighted by Crippen LogP contribution is -2.47. The zero-order valence-electron chi connectivity index (χ0n) is 14.0. The van der Waals surface area contributed by atoms with Gasteiger partial charge in [0.2, 0.25) is 5.91 Å². The number of nitrogens with zero attached hydrogens (tertiary/aromatic N) is 2. The molecule has 0 saturated carbocycles. The van der Waals surface area contributed by atoms with E-state index in [0.29, 0.717) is 19.5 Å². The molecular formula is C16H23BrN2O3S. The molecule has 0 N–H and O–H groups in total. The maximum Gasteiger partial charge on any atom is 0.410 e. The van der Waals surface area contributed by atoms with Crippen LogP contribution in [0.4, 0.5) is 4.79 Å². The van der Waals surface area contributed by atoms with Crippen molar-refractivity contribution in [1.29, 1.82) is 0 Å². The molecule has 1 fully saturated rings. The van der Waals surface area contributed by atoms with Crippen LogP contribution in [-0.2, 0) is 16.1 Å². The van der Waals surface area contributed by atoms with E-state index in [-0.39, 0.29) is 5.91 Å². The minimum absolute atomic E-state index is 0.0318. The van der Waals surface area contributed by atoms with Gasteiger partial charge in [-0.1, -0.05) is 0 Å². The summed E-state index contributed by atoms with van der Waals surface area (Å²) in [7, 11) is 1.78. The molecule has 2 rings (SSSR count). The summed E-state index contributed by atoms with van der Waals surface area (Å²) in [5, 5.41) is 2.02. The Bertz CT molecular complexity index is 582. The molecule has 2 amide bonds. The third-order valence-electron chi connectivity index (χ3n) is 3.58. The van der Waals surface area contributed by atoms with Crippen LogP contribution < -0.4 is 0 Å². The SMILES string of the molecule is CN(Cc1csc(Br)c1)C(=O)C1CCCN1C(=O)OC(C)(C)C. The number of hydrogen-bond donors (Lipinski definition) is 0. The summed E-state index contributed by atoms with van der Waals surface area (Å²) in [6.45, 7) is 6.61. The Morgan fingerprint density at radius 1 is 1.48 bits per heavy atom. The lowest BCUT2D eigenvalue weighted by molar-refractivity contribution is -0.135. The quantitative estimate of drug-likeness (QED) is 0.770. The summed E-state index contributed by atoms with van der Waals surface area (Å²) >= 11 is 5.02. The number of carbonyl (C=O) groups excluding carboxylic acids is 2. The number of amides is 2. The highest BCUT2D eigenvalue weighted by molar-refractivity contribution is 9.11. The molecule has 0 radical (unpaired) electrons. The molecule has 23 heavy (non-hydrogen) atoms. The number of carbonyl (C=O) groups is 2. The first-order valence-corrected chi connectivity index (χ1v) is 9.32. The summed E-state index contributed by atoms with van der Waals surface area (Å²) in [4.78, 5) is 28.2. The van der Waals surface area contributed by atoms with Gasteiger partial charge in [0.25, 0.3) is 0 Å². The van der Waals surface area contributed by atoms with Gasteiger partial charge in [-0.25, -0.2) is 4.79 Å². The van der Waals surface area contributed by atoms with Crippen molar-refractivity contribution in [1.82, 2.24) is 9.80 Å². The Labute approximate surface area is 149 Å². The molecule has 128 valence electrons. The van der Waals surface area contributed by atoms with E-state index in [1.165, 1.54) is 0 Å². The van der Waals surface area contributed by atoms with E-state index in [0.717, 1.165) is 15.8 Å². The minimum Gasteiger partial charge on any atom is -0.444 e. The van der Waals surface area contributed by atoms with E-state index < -0.39 is 17.7 Å². The molecule has 7 heteroatoms. The van der Waals surface area contributed by atoms with E-state index in [9.17, 15) is 9.59 Å². The van der Waals surface area contributed by atoms with Gasteiger partial charge in [0.15, 0.2) is 0 Å². The molecule has 1 unspecified atom stereocenters. The lowest BCUT2D eigenvalue weighted by Gasteiger charge is -2.30. The Morgan fingerprint density at radius 2 is 2.17 bits per heavy atom. The predicted octanol–water partition coefficient (Wildman–Crippen LogP) is 3.87. The van der Waals surface area contributed by atoms with Crippen molar-refractivity contribution in [2.24, 2.45) is 0 Å². The van der Waals surface area contributed by atoms with E-state index in [1.807, 2.05) is 32.2 Å². The zero-order valence-corrected chi connectivity index (χ0v) is 16.4. The van der Waals surface area contributed by atoms with Crippen molar-refractivity contribution in [2.75, 3.05) is 13.6 Å². The van der Waals surface area contributed by atoms with Gasteiger partial charge in [0.05, 0.1) is 3.79 Å². The van der Waals surface area contributed by atoms with Crippen molar-refractivity contribution < 1.29 is 14.3 Å². The number of thiophene rings is 1. The van der Waals surface area contributed by atoms with Crippen LogP contribution in [0.15, 0.2) is 15.2 Å². The molecule has 1 saturated heterocycles. The summed E-state index contributed by atoms with van der Waals surface area (Å²) in [5.41, 5.74) is 0.529. The van der Waals surface area contributed by atoms with Crippen LogP contribution in [0.5, 0.6) is 0 Å². The maximum atomic E-state index is 12.7. The number of ether oxygens (including phenoxy) is 1. The van der Waals surface area contributed by atoms with Crippen molar-refractivity contribution in [3.8, 4) is 0 Å². The highest BCUT2D eigenvalue weighted by Crippen LogP contribution is 2.24. The van der Waals surface area contributed by atoms with Crippen LogP contribution in [0.3, 0.4) is 0 Å². The van der Waals surface area contributed by atoms with Gasteiger partial charge in [-0.05, 0) is 66.6 Å². The minimum atomic E-state index is -0.553. The third-order valence-corrected chi connectivity index (χ3v) is 5.14. The average molecular weight is 403 g/mol. The average Bonchev–Trinajstić information content (AvgIpc) is 3.04. The van der Waals surface area contributed by atoms with Crippen LogP contribution in [0.2, 0.25) is 0 Å². The van der Waals surface area contributed by atoms with Gasteiger partial charge < -0.3 is 9.64 Å².